The van der Waals surface area contributed by atoms with Crippen LogP contribution in [0.1, 0.15) is 0 Å². The molecule has 0 atom stereocenters. The van der Waals surface area contributed by atoms with E-state index in [1.807, 2.05) is 0 Å². The topological polar surface area (TPSA) is 80.9 Å². The van der Waals surface area contributed by atoms with E-state index in [2.05, 4.69) is 4.98 Å². The zero-order valence-corrected chi connectivity index (χ0v) is 6.95. The largest absolute Gasteiger partial charge is 0.347 e. The van der Waals surface area contributed by atoms with Crippen LogP contribution >= 0.6 is 0 Å². The van der Waals surface area contributed by atoms with Crippen LogP contribution in [0.15, 0.2) is 27.8 Å². The van der Waals surface area contributed by atoms with Crippen LogP contribution in [-0.2, 0) is 0 Å². The molecule has 1 heterocycles. The van der Waals surface area contributed by atoms with E-state index in [1.165, 1.54) is 6.07 Å². The Labute approximate surface area is 76.6 Å². The molecule has 0 fully saturated rings. The van der Waals surface area contributed by atoms with E-state index in [9.17, 15) is 14.0 Å². The summed E-state index contributed by atoms with van der Waals surface area (Å²) >= 11 is 0. The number of benzene rings is 1. The van der Waals surface area contributed by atoms with E-state index in [0.29, 0.717) is 4.68 Å². The monoisotopic (exact) mass is 195 g/mol. The van der Waals surface area contributed by atoms with Crippen molar-refractivity contribution in [3.8, 4) is 0 Å². The number of hydrogen-bond donors (Lipinski definition) is 2. The van der Waals surface area contributed by atoms with Gasteiger partial charge in [-0.25, -0.2) is 9.18 Å². The SMILES string of the molecule is Nn1c(=O)[nH]c2cc(F)ccc2c1=O. The highest BCUT2D eigenvalue weighted by atomic mass is 19.1. The first-order valence-corrected chi connectivity index (χ1v) is 3.79. The molecule has 0 unspecified atom stereocenters. The van der Waals surface area contributed by atoms with Crippen LogP contribution in [0.5, 0.6) is 0 Å². The summed E-state index contributed by atoms with van der Waals surface area (Å²) in [4.78, 5) is 24.7. The summed E-state index contributed by atoms with van der Waals surface area (Å²) in [5.74, 6) is 4.63. The minimum Gasteiger partial charge on any atom is -0.332 e. The van der Waals surface area contributed by atoms with Crippen LogP contribution in [0.2, 0.25) is 0 Å². The summed E-state index contributed by atoms with van der Waals surface area (Å²) in [5, 5.41) is 0.175. The first-order chi connectivity index (χ1) is 6.59. The van der Waals surface area contributed by atoms with Gasteiger partial charge in [-0.1, -0.05) is 0 Å². The zero-order valence-electron chi connectivity index (χ0n) is 6.95. The molecule has 0 saturated carbocycles. The van der Waals surface area contributed by atoms with Crippen LogP contribution in [-0.4, -0.2) is 9.66 Å². The van der Waals surface area contributed by atoms with Crippen LogP contribution in [0, 0.1) is 5.82 Å². The Morgan fingerprint density at radius 2 is 2.07 bits per heavy atom. The highest BCUT2D eigenvalue weighted by molar-refractivity contribution is 5.77. The van der Waals surface area contributed by atoms with Gasteiger partial charge in [0.05, 0.1) is 10.9 Å². The Morgan fingerprint density at radius 3 is 2.79 bits per heavy atom. The Hall–Kier alpha value is -2.11. The molecule has 2 aromatic rings. The molecule has 2 rings (SSSR count). The molecular weight excluding hydrogens is 189 g/mol. The fourth-order valence-electron chi connectivity index (χ4n) is 1.20. The van der Waals surface area contributed by atoms with Gasteiger partial charge < -0.3 is 10.8 Å². The highest BCUT2D eigenvalue weighted by Gasteiger charge is 2.04. The average molecular weight is 195 g/mol. The van der Waals surface area contributed by atoms with Gasteiger partial charge in [0.2, 0.25) is 0 Å². The third-order valence-corrected chi connectivity index (χ3v) is 1.89. The Morgan fingerprint density at radius 1 is 1.36 bits per heavy atom. The zero-order chi connectivity index (χ0) is 10.3. The van der Waals surface area contributed by atoms with Crippen molar-refractivity contribution in [2.24, 2.45) is 0 Å². The predicted octanol–water partition coefficient (Wildman–Crippen LogP) is -0.457. The van der Waals surface area contributed by atoms with Crippen molar-refractivity contribution in [2.45, 2.75) is 0 Å². The summed E-state index contributed by atoms with van der Waals surface area (Å²) in [6.45, 7) is 0. The minimum atomic E-state index is -0.770. The van der Waals surface area contributed by atoms with Gasteiger partial charge in [-0.3, -0.25) is 4.79 Å². The fraction of sp³-hybridized carbons (Fsp3) is 0. The van der Waals surface area contributed by atoms with Gasteiger partial charge in [0.1, 0.15) is 5.82 Å². The standard InChI is InChI=1S/C8H6FN3O2/c9-4-1-2-5-6(3-4)11-8(14)12(10)7(5)13/h1-3H,10H2,(H,11,14). The Bertz CT molecular complexity index is 614. The molecule has 0 spiro atoms. The van der Waals surface area contributed by atoms with E-state index in [-0.39, 0.29) is 10.9 Å². The Balaban J connectivity index is 3.06. The van der Waals surface area contributed by atoms with Crippen LogP contribution in [0.3, 0.4) is 0 Å². The first kappa shape index (κ1) is 8.49. The minimum absolute atomic E-state index is 0.140. The molecule has 0 saturated heterocycles. The van der Waals surface area contributed by atoms with Gasteiger partial charge in [-0.2, -0.15) is 4.68 Å². The molecule has 0 aliphatic heterocycles. The van der Waals surface area contributed by atoms with Crippen molar-refractivity contribution < 1.29 is 4.39 Å². The van der Waals surface area contributed by atoms with E-state index >= 15 is 0 Å². The van der Waals surface area contributed by atoms with Gasteiger partial charge >= 0.3 is 5.69 Å². The molecule has 1 aromatic carbocycles. The van der Waals surface area contributed by atoms with Gasteiger partial charge in [0.25, 0.3) is 5.56 Å². The fourth-order valence-corrected chi connectivity index (χ4v) is 1.20. The third kappa shape index (κ3) is 1.08. The van der Waals surface area contributed by atoms with Crippen LogP contribution < -0.4 is 17.1 Å². The van der Waals surface area contributed by atoms with E-state index < -0.39 is 17.1 Å². The normalized spacial score (nSPS) is 10.6. The van der Waals surface area contributed by atoms with E-state index in [4.69, 9.17) is 5.84 Å². The summed E-state index contributed by atoms with van der Waals surface area (Å²) in [6.07, 6.45) is 0. The molecule has 14 heavy (non-hydrogen) atoms. The lowest BCUT2D eigenvalue weighted by Crippen LogP contribution is -2.40. The molecular formula is C8H6FN3O2. The number of nitrogen functional groups attached to an aromatic ring is 1. The lowest BCUT2D eigenvalue weighted by Gasteiger charge is -1.99. The molecule has 3 N–H and O–H groups in total. The van der Waals surface area contributed by atoms with E-state index in [0.717, 1.165) is 12.1 Å². The van der Waals surface area contributed by atoms with Crippen molar-refractivity contribution in [2.75, 3.05) is 5.84 Å². The lowest BCUT2D eigenvalue weighted by molar-refractivity contribution is 0.629. The number of aromatic amines is 1. The van der Waals surface area contributed by atoms with Gasteiger partial charge in [0.15, 0.2) is 0 Å². The maximum atomic E-state index is 12.7. The van der Waals surface area contributed by atoms with Gasteiger partial charge in [0, 0.05) is 0 Å². The number of nitrogens with zero attached hydrogens (tertiary/aromatic N) is 1. The number of H-pyrrole nitrogens is 1. The number of nitrogens with two attached hydrogens (primary N) is 1. The van der Waals surface area contributed by atoms with Crippen molar-refractivity contribution in [3.05, 3.63) is 44.9 Å². The highest BCUT2D eigenvalue weighted by Crippen LogP contribution is 2.06. The van der Waals surface area contributed by atoms with Crippen LogP contribution in [0.25, 0.3) is 10.9 Å². The molecule has 0 bridgehead atoms. The molecule has 1 aromatic heterocycles. The summed E-state index contributed by atoms with van der Waals surface area (Å²) in [5.41, 5.74) is -1.28. The second kappa shape index (κ2) is 2.69. The lowest BCUT2D eigenvalue weighted by atomic mass is 10.2. The molecule has 0 radical (unpaired) electrons. The number of rotatable bonds is 0. The molecule has 0 amide bonds. The number of hydrogen-bond acceptors (Lipinski definition) is 3. The summed E-state index contributed by atoms with van der Waals surface area (Å²) in [6, 6.07) is 3.46. The first-order valence-electron chi connectivity index (χ1n) is 3.79. The number of nitrogens with one attached hydrogen (secondary N) is 1. The quantitative estimate of drug-likeness (QED) is 0.558. The maximum Gasteiger partial charge on any atom is 0.347 e. The van der Waals surface area contributed by atoms with E-state index in [1.54, 1.807) is 0 Å². The number of aromatic nitrogens is 2. The summed E-state index contributed by atoms with van der Waals surface area (Å²) < 4.78 is 13.2. The molecule has 72 valence electrons. The summed E-state index contributed by atoms with van der Waals surface area (Å²) in [7, 11) is 0. The molecule has 0 aliphatic carbocycles. The number of halogens is 1. The van der Waals surface area contributed by atoms with Crippen molar-refractivity contribution in [1.82, 2.24) is 9.66 Å². The second-order valence-corrected chi connectivity index (χ2v) is 2.80. The molecule has 5 nitrogen and oxygen atoms in total. The van der Waals surface area contributed by atoms with Gasteiger partial charge in [-0.05, 0) is 18.2 Å². The average Bonchev–Trinajstić information content (AvgIpc) is 2.14. The van der Waals surface area contributed by atoms with Crippen LogP contribution in [0.4, 0.5) is 4.39 Å². The Kier molecular flexibility index (Phi) is 1.63. The van der Waals surface area contributed by atoms with Crippen molar-refractivity contribution in [3.63, 3.8) is 0 Å². The predicted molar refractivity (Wildman–Crippen MR) is 48.9 cm³/mol. The third-order valence-electron chi connectivity index (χ3n) is 1.89. The second-order valence-electron chi connectivity index (χ2n) is 2.80. The maximum absolute atomic E-state index is 12.7. The molecule has 0 aliphatic rings. The van der Waals surface area contributed by atoms with Crippen molar-refractivity contribution in [1.29, 1.82) is 0 Å². The number of fused-ring (bicyclic) bond motifs is 1. The van der Waals surface area contributed by atoms with Gasteiger partial charge in [-0.15, -0.1) is 0 Å². The molecule has 6 heteroatoms. The smallest absolute Gasteiger partial charge is 0.332 e. The van der Waals surface area contributed by atoms with Crippen molar-refractivity contribution >= 4 is 10.9 Å².